The van der Waals surface area contributed by atoms with Crippen LogP contribution >= 0.6 is 11.8 Å². The Hall–Kier alpha value is -1.56. The van der Waals surface area contributed by atoms with Crippen molar-refractivity contribution in [1.82, 2.24) is 20.6 Å². The fourth-order valence-corrected chi connectivity index (χ4v) is 2.92. The van der Waals surface area contributed by atoms with Crippen LogP contribution in [0, 0.1) is 0 Å². The summed E-state index contributed by atoms with van der Waals surface area (Å²) in [4.78, 5) is 1.15. The highest BCUT2D eigenvalue weighted by Crippen LogP contribution is 2.40. The zero-order chi connectivity index (χ0) is 14.6. The van der Waals surface area contributed by atoms with E-state index in [4.69, 9.17) is 4.74 Å². The topological polar surface area (TPSA) is 63.7 Å². The lowest BCUT2D eigenvalue weighted by Gasteiger charge is -2.23. The fourth-order valence-electron chi connectivity index (χ4n) is 1.72. The van der Waals surface area contributed by atoms with Crippen molar-refractivity contribution < 1.29 is 4.74 Å². The molecule has 1 heterocycles. The number of ether oxygens (including phenoxy) is 1. The first-order chi connectivity index (χ1) is 9.54. The third kappa shape index (κ3) is 3.72. The molecule has 5 nitrogen and oxygen atoms in total. The summed E-state index contributed by atoms with van der Waals surface area (Å²) in [6, 6.07) is 6.19. The molecule has 1 aromatic carbocycles. The summed E-state index contributed by atoms with van der Waals surface area (Å²) < 4.78 is 5.63. The van der Waals surface area contributed by atoms with Crippen LogP contribution in [-0.2, 0) is 6.42 Å². The third-order valence-electron chi connectivity index (χ3n) is 3.22. The molecule has 0 spiro atoms. The van der Waals surface area contributed by atoms with Gasteiger partial charge in [0, 0.05) is 11.2 Å². The van der Waals surface area contributed by atoms with Gasteiger partial charge in [-0.1, -0.05) is 32.1 Å². The van der Waals surface area contributed by atoms with E-state index >= 15 is 0 Å². The SMILES string of the molecule is CCC(C)(C)Sc1cc(Cc2nn[nH]n2)ccc1OC. The molecule has 6 heteroatoms. The summed E-state index contributed by atoms with van der Waals surface area (Å²) in [7, 11) is 1.71. The van der Waals surface area contributed by atoms with E-state index in [0.29, 0.717) is 12.2 Å². The lowest BCUT2D eigenvalue weighted by molar-refractivity contribution is 0.404. The number of rotatable bonds is 6. The average molecular weight is 292 g/mol. The summed E-state index contributed by atoms with van der Waals surface area (Å²) in [5.74, 6) is 1.61. The van der Waals surface area contributed by atoms with Crippen molar-refractivity contribution in [2.75, 3.05) is 7.11 Å². The minimum Gasteiger partial charge on any atom is -0.496 e. The standard InChI is InChI=1S/C14H20N4OS/c1-5-14(2,3)20-12-8-10(6-7-11(12)19-4)9-13-15-17-18-16-13/h6-8H,5,9H2,1-4H3,(H,15,16,17,18). The molecule has 2 rings (SSSR count). The summed E-state index contributed by atoms with van der Waals surface area (Å²) in [5, 5.41) is 14.0. The number of nitrogens with zero attached hydrogens (tertiary/aromatic N) is 3. The maximum absolute atomic E-state index is 5.46. The first kappa shape index (κ1) is 14.8. The number of aromatic amines is 1. The van der Waals surface area contributed by atoms with Gasteiger partial charge in [-0.25, -0.2) is 0 Å². The maximum atomic E-state index is 5.46. The Morgan fingerprint density at radius 3 is 2.75 bits per heavy atom. The van der Waals surface area contributed by atoms with Gasteiger partial charge < -0.3 is 4.74 Å². The van der Waals surface area contributed by atoms with Gasteiger partial charge in [0.25, 0.3) is 0 Å². The Balaban J connectivity index is 2.24. The number of H-pyrrole nitrogens is 1. The van der Waals surface area contributed by atoms with Crippen LogP contribution in [0.5, 0.6) is 5.75 Å². The highest BCUT2D eigenvalue weighted by atomic mass is 32.2. The van der Waals surface area contributed by atoms with Gasteiger partial charge in [-0.15, -0.1) is 22.0 Å². The molecule has 0 aliphatic heterocycles. The van der Waals surface area contributed by atoms with Crippen molar-refractivity contribution in [3.63, 3.8) is 0 Å². The Bertz CT molecular complexity index is 554. The van der Waals surface area contributed by atoms with Gasteiger partial charge in [0.05, 0.1) is 12.0 Å². The van der Waals surface area contributed by atoms with E-state index in [9.17, 15) is 0 Å². The largest absolute Gasteiger partial charge is 0.496 e. The van der Waals surface area contributed by atoms with Crippen LogP contribution in [0.2, 0.25) is 0 Å². The van der Waals surface area contributed by atoms with Crippen molar-refractivity contribution in [2.45, 2.75) is 43.3 Å². The van der Waals surface area contributed by atoms with E-state index in [-0.39, 0.29) is 4.75 Å². The van der Waals surface area contributed by atoms with E-state index in [2.05, 4.69) is 47.5 Å². The number of thioether (sulfide) groups is 1. The second kappa shape index (κ2) is 6.26. The molecule has 0 saturated heterocycles. The molecule has 0 aliphatic rings. The van der Waals surface area contributed by atoms with Crippen LogP contribution in [-0.4, -0.2) is 32.5 Å². The summed E-state index contributed by atoms with van der Waals surface area (Å²) >= 11 is 1.83. The van der Waals surface area contributed by atoms with Crippen LogP contribution in [0.15, 0.2) is 23.1 Å². The van der Waals surface area contributed by atoms with Gasteiger partial charge >= 0.3 is 0 Å². The third-order valence-corrected chi connectivity index (χ3v) is 4.60. The molecule has 1 aromatic heterocycles. The van der Waals surface area contributed by atoms with Crippen LogP contribution in [0.4, 0.5) is 0 Å². The fraction of sp³-hybridized carbons (Fsp3) is 0.500. The van der Waals surface area contributed by atoms with Gasteiger partial charge in [0.15, 0.2) is 5.82 Å². The number of hydrogen-bond acceptors (Lipinski definition) is 5. The molecule has 108 valence electrons. The lowest BCUT2D eigenvalue weighted by Crippen LogP contribution is -2.12. The second-order valence-electron chi connectivity index (χ2n) is 5.21. The monoisotopic (exact) mass is 292 g/mol. The number of methoxy groups -OCH3 is 1. The van der Waals surface area contributed by atoms with Crippen LogP contribution in [0.3, 0.4) is 0 Å². The predicted molar refractivity (Wildman–Crippen MR) is 80.2 cm³/mol. The van der Waals surface area contributed by atoms with Crippen molar-refractivity contribution in [3.8, 4) is 5.75 Å². The molecule has 0 amide bonds. The van der Waals surface area contributed by atoms with Gasteiger partial charge in [-0.3, -0.25) is 0 Å². The van der Waals surface area contributed by atoms with Crippen LogP contribution in [0.1, 0.15) is 38.6 Å². The van der Waals surface area contributed by atoms with Crippen molar-refractivity contribution in [1.29, 1.82) is 0 Å². The van der Waals surface area contributed by atoms with E-state index in [1.54, 1.807) is 7.11 Å². The van der Waals surface area contributed by atoms with E-state index in [0.717, 1.165) is 22.6 Å². The Kier molecular flexibility index (Phi) is 4.65. The van der Waals surface area contributed by atoms with Crippen molar-refractivity contribution >= 4 is 11.8 Å². The number of hydrogen-bond donors (Lipinski definition) is 1. The van der Waals surface area contributed by atoms with Crippen molar-refractivity contribution in [2.24, 2.45) is 0 Å². The average Bonchev–Trinajstić information content (AvgIpc) is 2.91. The molecule has 0 radical (unpaired) electrons. The molecule has 0 aliphatic carbocycles. The Morgan fingerprint density at radius 1 is 1.35 bits per heavy atom. The summed E-state index contributed by atoms with van der Waals surface area (Å²) in [5.41, 5.74) is 1.15. The maximum Gasteiger partial charge on any atom is 0.178 e. The van der Waals surface area contributed by atoms with Gasteiger partial charge in [-0.2, -0.15) is 5.21 Å². The van der Waals surface area contributed by atoms with Crippen molar-refractivity contribution in [3.05, 3.63) is 29.6 Å². The molecular formula is C14H20N4OS. The van der Waals surface area contributed by atoms with Crippen LogP contribution < -0.4 is 4.74 Å². The minimum atomic E-state index is 0.179. The van der Waals surface area contributed by atoms with E-state index in [1.165, 1.54) is 0 Å². The number of nitrogens with one attached hydrogen (secondary N) is 1. The highest BCUT2D eigenvalue weighted by Gasteiger charge is 2.19. The molecule has 0 fully saturated rings. The zero-order valence-corrected chi connectivity index (χ0v) is 13.1. The number of tetrazole rings is 1. The normalized spacial score (nSPS) is 11.6. The highest BCUT2D eigenvalue weighted by molar-refractivity contribution is 8.00. The smallest absolute Gasteiger partial charge is 0.178 e. The molecular weight excluding hydrogens is 272 g/mol. The number of benzene rings is 1. The number of aromatic nitrogens is 4. The Labute approximate surface area is 123 Å². The molecule has 2 aromatic rings. The predicted octanol–water partition coefficient (Wildman–Crippen LogP) is 3.08. The first-order valence-corrected chi connectivity index (χ1v) is 7.44. The lowest BCUT2D eigenvalue weighted by atomic mass is 10.1. The molecule has 0 unspecified atom stereocenters. The molecule has 20 heavy (non-hydrogen) atoms. The summed E-state index contributed by atoms with van der Waals surface area (Å²) in [6.07, 6.45) is 1.76. The quantitative estimate of drug-likeness (QED) is 0.829. The molecule has 0 atom stereocenters. The first-order valence-electron chi connectivity index (χ1n) is 6.62. The molecule has 0 saturated carbocycles. The van der Waals surface area contributed by atoms with E-state index in [1.807, 2.05) is 23.9 Å². The van der Waals surface area contributed by atoms with Gasteiger partial charge in [-0.05, 0) is 24.1 Å². The van der Waals surface area contributed by atoms with Crippen LogP contribution in [0.25, 0.3) is 0 Å². The van der Waals surface area contributed by atoms with E-state index < -0.39 is 0 Å². The molecule has 1 N–H and O–H groups in total. The van der Waals surface area contributed by atoms with Gasteiger partial charge in [0.2, 0.25) is 0 Å². The second-order valence-corrected chi connectivity index (χ2v) is 6.95. The Morgan fingerprint density at radius 2 is 2.15 bits per heavy atom. The van der Waals surface area contributed by atoms with Gasteiger partial charge in [0.1, 0.15) is 5.75 Å². The summed E-state index contributed by atoms with van der Waals surface area (Å²) in [6.45, 7) is 6.68. The minimum absolute atomic E-state index is 0.179. The zero-order valence-electron chi connectivity index (χ0n) is 12.3. The molecule has 0 bridgehead atoms.